The van der Waals surface area contributed by atoms with E-state index in [4.69, 9.17) is 10.8 Å². The van der Waals surface area contributed by atoms with Crippen molar-refractivity contribution in [2.45, 2.75) is 59.4 Å². The Morgan fingerprint density at radius 1 is 1.25 bits per heavy atom. The van der Waals surface area contributed by atoms with Crippen molar-refractivity contribution in [3.8, 4) is 0 Å². The zero-order chi connectivity index (χ0) is 14.9. The lowest BCUT2D eigenvalue weighted by Gasteiger charge is -2.30. The van der Waals surface area contributed by atoms with Crippen LogP contribution in [-0.2, 0) is 0 Å². The summed E-state index contributed by atoms with van der Waals surface area (Å²) < 4.78 is 0. The predicted molar refractivity (Wildman–Crippen MR) is 83.9 cm³/mol. The van der Waals surface area contributed by atoms with E-state index in [1.807, 2.05) is 6.92 Å². The molecule has 0 aliphatic carbocycles. The quantitative estimate of drug-likeness (QED) is 0.654. The Morgan fingerprint density at radius 3 is 2.50 bits per heavy atom. The first-order valence-electron chi connectivity index (χ1n) is 7.57. The SMILES string of the molecule is Cc1c(NN)nc(C(C)C)nc1N1CCCC1C(C)C. The first-order chi connectivity index (χ1) is 9.45. The summed E-state index contributed by atoms with van der Waals surface area (Å²) in [7, 11) is 0. The smallest absolute Gasteiger partial charge is 0.148 e. The van der Waals surface area contributed by atoms with Crippen molar-refractivity contribution in [1.82, 2.24) is 9.97 Å². The molecule has 5 heteroatoms. The zero-order valence-electron chi connectivity index (χ0n) is 13.3. The molecule has 1 atom stereocenters. The highest BCUT2D eigenvalue weighted by molar-refractivity contribution is 5.59. The summed E-state index contributed by atoms with van der Waals surface area (Å²) in [6, 6.07) is 0.564. The number of nitrogens with one attached hydrogen (secondary N) is 1. The van der Waals surface area contributed by atoms with Crippen LogP contribution < -0.4 is 16.2 Å². The Kier molecular flexibility index (Phi) is 4.48. The Bertz CT molecular complexity index is 470. The number of hydrogen-bond acceptors (Lipinski definition) is 5. The van der Waals surface area contributed by atoms with Gasteiger partial charge in [0.25, 0.3) is 0 Å². The minimum atomic E-state index is 0.293. The van der Waals surface area contributed by atoms with Crippen LogP contribution >= 0.6 is 0 Å². The van der Waals surface area contributed by atoms with Gasteiger partial charge in [0.1, 0.15) is 17.5 Å². The van der Waals surface area contributed by atoms with Gasteiger partial charge < -0.3 is 10.3 Å². The molecule has 1 aliphatic rings. The molecule has 3 N–H and O–H groups in total. The van der Waals surface area contributed by atoms with E-state index in [2.05, 4.69) is 43.0 Å². The molecule has 5 nitrogen and oxygen atoms in total. The fourth-order valence-electron chi connectivity index (χ4n) is 2.95. The zero-order valence-corrected chi connectivity index (χ0v) is 13.3. The van der Waals surface area contributed by atoms with Gasteiger partial charge in [-0.15, -0.1) is 0 Å². The molecule has 112 valence electrons. The fraction of sp³-hybridized carbons (Fsp3) is 0.733. The first-order valence-corrected chi connectivity index (χ1v) is 7.57. The molecule has 0 radical (unpaired) electrons. The molecule has 20 heavy (non-hydrogen) atoms. The largest absolute Gasteiger partial charge is 0.353 e. The summed E-state index contributed by atoms with van der Waals surface area (Å²) in [4.78, 5) is 11.8. The Labute approximate surface area is 121 Å². The minimum absolute atomic E-state index is 0.293. The van der Waals surface area contributed by atoms with Gasteiger partial charge in [-0.25, -0.2) is 15.8 Å². The van der Waals surface area contributed by atoms with Gasteiger partial charge in [0, 0.05) is 24.1 Å². The number of nitrogens with zero attached hydrogens (tertiary/aromatic N) is 3. The number of aromatic nitrogens is 2. The van der Waals surface area contributed by atoms with Crippen molar-refractivity contribution >= 4 is 11.6 Å². The van der Waals surface area contributed by atoms with Gasteiger partial charge in [-0.3, -0.25) is 0 Å². The number of hydrazine groups is 1. The van der Waals surface area contributed by atoms with Crippen molar-refractivity contribution in [3.63, 3.8) is 0 Å². The Morgan fingerprint density at radius 2 is 1.95 bits per heavy atom. The number of rotatable bonds is 4. The van der Waals surface area contributed by atoms with Crippen LogP contribution in [0, 0.1) is 12.8 Å². The second-order valence-corrected chi connectivity index (χ2v) is 6.33. The fourth-order valence-corrected chi connectivity index (χ4v) is 2.95. The van der Waals surface area contributed by atoms with Gasteiger partial charge >= 0.3 is 0 Å². The highest BCUT2D eigenvalue weighted by Crippen LogP contribution is 2.33. The third-order valence-corrected chi connectivity index (χ3v) is 4.13. The van der Waals surface area contributed by atoms with E-state index in [0.29, 0.717) is 17.9 Å². The van der Waals surface area contributed by atoms with Crippen LogP contribution in [0.3, 0.4) is 0 Å². The Balaban J connectivity index is 2.46. The number of nitrogen functional groups attached to an aromatic ring is 1. The molecule has 2 heterocycles. The highest BCUT2D eigenvalue weighted by atomic mass is 15.3. The van der Waals surface area contributed by atoms with Crippen LogP contribution in [0.4, 0.5) is 11.6 Å². The van der Waals surface area contributed by atoms with Crippen molar-refractivity contribution in [2.75, 3.05) is 16.9 Å². The van der Waals surface area contributed by atoms with Crippen LogP contribution in [0.2, 0.25) is 0 Å². The first kappa shape index (κ1) is 15.0. The molecule has 0 amide bonds. The molecule has 0 bridgehead atoms. The van der Waals surface area contributed by atoms with E-state index in [-0.39, 0.29) is 0 Å². The van der Waals surface area contributed by atoms with E-state index >= 15 is 0 Å². The van der Waals surface area contributed by atoms with E-state index < -0.39 is 0 Å². The normalized spacial score (nSPS) is 19.2. The van der Waals surface area contributed by atoms with Gasteiger partial charge in [-0.1, -0.05) is 27.7 Å². The van der Waals surface area contributed by atoms with E-state index in [0.717, 1.165) is 29.6 Å². The molecule has 1 aromatic heterocycles. The third-order valence-electron chi connectivity index (χ3n) is 4.13. The van der Waals surface area contributed by atoms with Gasteiger partial charge in [0.05, 0.1) is 0 Å². The maximum absolute atomic E-state index is 5.62. The molecule has 0 spiro atoms. The maximum Gasteiger partial charge on any atom is 0.148 e. The molecule has 1 unspecified atom stereocenters. The summed E-state index contributed by atoms with van der Waals surface area (Å²) in [6.07, 6.45) is 2.47. The van der Waals surface area contributed by atoms with Crippen molar-refractivity contribution in [1.29, 1.82) is 0 Å². The average molecular weight is 277 g/mol. The standard InChI is InChI=1S/C15H27N5/c1-9(2)12-7-6-8-20(12)15-11(5)14(19-16)17-13(18-15)10(3)4/h9-10,12H,6-8,16H2,1-5H3,(H,17,18,19). The van der Waals surface area contributed by atoms with E-state index in [1.54, 1.807) is 0 Å². The second kappa shape index (κ2) is 5.95. The van der Waals surface area contributed by atoms with Crippen molar-refractivity contribution in [3.05, 3.63) is 11.4 Å². The maximum atomic E-state index is 5.62. The molecule has 0 saturated carbocycles. The van der Waals surface area contributed by atoms with Crippen LogP contribution in [-0.4, -0.2) is 22.6 Å². The summed E-state index contributed by atoms with van der Waals surface area (Å²) in [5.41, 5.74) is 3.77. The minimum Gasteiger partial charge on any atom is -0.353 e. The van der Waals surface area contributed by atoms with Crippen LogP contribution in [0.15, 0.2) is 0 Å². The average Bonchev–Trinajstić information content (AvgIpc) is 2.87. The molecule has 0 aromatic carbocycles. The third kappa shape index (κ3) is 2.73. The summed E-state index contributed by atoms with van der Waals surface area (Å²) in [6.45, 7) is 11.9. The van der Waals surface area contributed by atoms with Gasteiger partial charge in [-0.2, -0.15) is 0 Å². The van der Waals surface area contributed by atoms with E-state index in [1.165, 1.54) is 12.8 Å². The van der Waals surface area contributed by atoms with Gasteiger partial charge in [0.15, 0.2) is 0 Å². The lowest BCUT2D eigenvalue weighted by Crippen LogP contribution is -2.35. The highest BCUT2D eigenvalue weighted by Gasteiger charge is 2.30. The molecule has 2 rings (SSSR count). The number of nitrogens with two attached hydrogens (primary N) is 1. The monoisotopic (exact) mass is 277 g/mol. The van der Waals surface area contributed by atoms with Crippen LogP contribution in [0.25, 0.3) is 0 Å². The van der Waals surface area contributed by atoms with Crippen LogP contribution in [0.1, 0.15) is 57.8 Å². The van der Waals surface area contributed by atoms with Gasteiger partial charge in [-0.05, 0) is 25.7 Å². The van der Waals surface area contributed by atoms with Gasteiger partial charge in [0.2, 0.25) is 0 Å². The summed E-state index contributed by atoms with van der Waals surface area (Å²) in [5, 5.41) is 0. The number of hydrogen-bond donors (Lipinski definition) is 2. The lowest BCUT2D eigenvalue weighted by atomic mass is 10.0. The predicted octanol–water partition coefficient (Wildman–Crippen LogP) is 2.82. The molecule has 1 aliphatic heterocycles. The summed E-state index contributed by atoms with van der Waals surface area (Å²) in [5.74, 6) is 9.19. The van der Waals surface area contributed by atoms with E-state index in [9.17, 15) is 0 Å². The second-order valence-electron chi connectivity index (χ2n) is 6.33. The lowest BCUT2D eigenvalue weighted by molar-refractivity contribution is 0.488. The topological polar surface area (TPSA) is 67.1 Å². The molecule has 1 saturated heterocycles. The summed E-state index contributed by atoms with van der Waals surface area (Å²) >= 11 is 0. The molecule has 1 aromatic rings. The molecular formula is C15H27N5. The molecule has 1 fully saturated rings. The number of anilines is 2. The van der Waals surface area contributed by atoms with Crippen molar-refractivity contribution in [2.24, 2.45) is 11.8 Å². The van der Waals surface area contributed by atoms with Crippen LogP contribution in [0.5, 0.6) is 0 Å². The Hall–Kier alpha value is -1.36. The molecular weight excluding hydrogens is 250 g/mol. The van der Waals surface area contributed by atoms with Crippen molar-refractivity contribution < 1.29 is 0 Å².